The summed E-state index contributed by atoms with van der Waals surface area (Å²) in [6.07, 6.45) is 17.2. The number of amides is 1. The van der Waals surface area contributed by atoms with Crippen LogP contribution in [0.3, 0.4) is 0 Å². The fourth-order valence-corrected chi connectivity index (χ4v) is 5.55. The molecule has 6 heterocycles. The summed E-state index contributed by atoms with van der Waals surface area (Å²) >= 11 is 0. The van der Waals surface area contributed by atoms with Crippen molar-refractivity contribution < 1.29 is 4.79 Å². The quantitative estimate of drug-likeness (QED) is 0.262. The van der Waals surface area contributed by atoms with Crippen LogP contribution in [0, 0.1) is 12.8 Å². The predicted octanol–water partition coefficient (Wildman–Crippen LogP) is 5.36. The van der Waals surface area contributed by atoms with Gasteiger partial charge in [0.15, 0.2) is 17.1 Å². The highest BCUT2D eigenvalue weighted by atomic mass is 16.1. The van der Waals surface area contributed by atoms with E-state index in [2.05, 4.69) is 40.4 Å². The number of imidazole rings is 2. The van der Waals surface area contributed by atoms with E-state index < -0.39 is 0 Å². The summed E-state index contributed by atoms with van der Waals surface area (Å²) < 4.78 is 1.94. The maximum atomic E-state index is 12.7. The fraction of sp³-hybridized carbons (Fsp3) is 0.276. The van der Waals surface area contributed by atoms with Crippen LogP contribution < -0.4 is 5.32 Å². The summed E-state index contributed by atoms with van der Waals surface area (Å²) in [6, 6.07) is 5.86. The number of carbonyl (C=O) groups is 1. The molecule has 7 rings (SSSR count). The van der Waals surface area contributed by atoms with Gasteiger partial charge in [0.25, 0.3) is 0 Å². The van der Waals surface area contributed by atoms with E-state index in [1.165, 1.54) is 19.3 Å². The Hall–Kier alpha value is -4.93. The van der Waals surface area contributed by atoms with Crippen molar-refractivity contribution >= 4 is 33.8 Å². The first-order valence-electron chi connectivity index (χ1n) is 13.6. The Balaban J connectivity index is 1.19. The second-order valence-corrected chi connectivity index (χ2v) is 10.4. The number of aryl methyl sites for hydroxylation is 1. The molecule has 1 aliphatic carbocycles. The van der Waals surface area contributed by atoms with Crippen LogP contribution in [-0.2, 0) is 4.79 Å². The number of aromatic amines is 2. The fourth-order valence-electron chi connectivity index (χ4n) is 5.55. The van der Waals surface area contributed by atoms with Gasteiger partial charge in [-0.1, -0.05) is 19.3 Å². The van der Waals surface area contributed by atoms with Crippen molar-refractivity contribution in [2.24, 2.45) is 5.92 Å². The van der Waals surface area contributed by atoms with E-state index in [1.807, 2.05) is 35.9 Å². The van der Waals surface area contributed by atoms with E-state index >= 15 is 0 Å². The highest BCUT2D eigenvalue weighted by molar-refractivity contribution is 5.95. The van der Waals surface area contributed by atoms with Crippen molar-refractivity contribution in [2.75, 3.05) is 5.32 Å². The first kappa shape index (κ1) is 24.1. The Kier molecular flexibility index (Phi) is 6.03. The average Bonchev–Trinajstić information content (AvgIpc) is 3.71. The second-order valence-electron chi connectivity index (χ2n) is 10.4. The summed E-state index contributed by atoms with van der Waals surface area (Å²) in [5, 5.41) is 11.3. The largest absolute Gasteiger partial charge is 0.334 e. The zero-order valence-corrected chi connectivity index (χ0v) is 22.1. The van der Waals surface area contributed by atoms with E-state index in [0.717, 1.165) is 46.3 Å². The molecule has 200 valence electrons. The Bertz CT molecular complexity index is 1840. The number of anilines is 1. The average molecular weight is 533 g/mol. The minimum atomic E-state index is 0.0419. The molecule has 1 amide bonds. The van der Waals surface area contributed by atoms with Crippen molar-refractivity contribution in [3.05, 3.63) is 61.2 Å². The van der Waals surface area contributed by atoms with Crippen LogP contribution >= 0.6 is 0 Å². The highest BCUT2D eigenvalue weighted by Gasteiger charge is 2.19. The standard InChI is InChI=1S/C29H28N10O/c1-17-15-39(16-33-17)23-7-8-31-28-26(23)35-29(36-28)25-22-11-20(13-32-27(22)38-37-25)19-10-21(14-30-12-19)34-24(40)9-18-5-3-2-4-6-18/h7-8,10-16,18H,2-6,9H2,1H3,(H,34,40)(H,31,35,36)(H,32,37,38). The van der Waals surface area contributed by atoms with Crippen LogP contribution in [-0.4, -0.2) is 50.6 Å². The lowest BCUT2D eigenvalue weighted by Crippen LogP contribution is -2.18. The van der Waals surface area contributed by atoms with Crippen molar-refractivity contribution in [1.82, 2.24) is 44.7 Å². The van der Waals surface area contributed by atoms with E-state index in [1.54, 1.807) is 31.1 Å². The molecular formula is C29H28N10O. The number of carbonyl (C=O) groups excluding carboxylic acids is 1. The van der Waals surface area contributed by atoms with E-state index in [9.17, 15) is 4.79 Å². The molecule has 0 atom stereocenters. The van der Waals surface area contributed by atoms with Crippen molar-refractivity contribution in [2.45, 2.75) is 45.4 Å². The third-order valence-corrected chi connectivity index (χ3v) is 7.56. The normalized spacial score (nSPS) is 14.2. The first-order chi connectivity index (χ1) is 19.6. The maximum Gasteiger partial charge on any atom is 0.224 e. The molecule has 6 aromatic rings. The number of fused-ring (bicyclic) bond motifs is 2. The van der Waals surface area contributed by atoms with Gasteiger partial charge in [-0.05, 0) is 43.9 Å². The first-order valence-corrected chi connectivity index (χ1v) is 13.6. The molecule has 11 nitrogen and oxygen atoms in total. The van der Waals surface area contributed by atoms with Gasteiger partial charge in [-0.2, -0.15) is 5.10 Å². The van der Waals surface area contributed by atoms with Crippen LogP contribution in [0.2, 0.25) is 0 Å². The summed E-state index contributed by atoms with van der Waals surface area (Å²) in [4.78, 5) is 38.6. The number of nitrogens with zero attached hydrogens (tertiary/aromatic N) is 7. The maximum absolute atomic E-state index is 12.7. The zero-order valence-electron chi connectivity index (χ0n) is 22.1. The predicted molar refractivity (Wildman–Crippen MR) is 152 cm³/mol. The molecular weight excluding hydrogens is 504 g/mol. The molecule has 40 heavy (non-hydrogen) atoms. The summed E-state index contributed by atoms with van der Waals surface area (Å²) in [6.45, 7) is 1.95. The molecule has 0 saturated heterocycles. The molecule has 0 radical (unpaired) electrons. The van der Waals surface area contributed by atoms with Crippen molar-refractivity contribution in [3.8, 4) is 28.3 Å². The topological polar surface area (TPSA) is 143 Å². The number of nitrogens with one attached hydrogen (secondary N) is 3. The number of hydrogen-bond donors (Lipinski definition) is 3. The molecule has 0 aliphatic heterocycles. The lowest BCUT2D eigenvalue weighted by atomic mass is 9.87. The van der Waals surface area contributed by atoms with Gasteiger partial charge in [0.2, 0.25) is 5.91 Å². The minimum absolute atomic E-state index is 0.0419. The molecule has 0 unspecified atom stereocenters. The summed E-state index contributed by atoms with van der Waals surface area (Å²) in [5.74, 6) is 1.12. The number of rotatable bonds is 6. The lowest BCUT2D eigenvalue weighted by molar-refractivity contribution is -0.117. The van der Waals surface area contributed by atoms with Gasteiger partial charge in [-0.25, -0.2) is 19.9 Å². The molecule has 0 spiro atoms. The monoisotopic (exact) mass is 532 g/mol. The zero-order chi connectivity index (χ0) is 27.1. The van der Waals surface area contributed by atoms with E-state index in [4.69, 9.17) is 4.98 Å². The molecule has 1 saturated carbocycles. The molecule has 1 aliphatic rings. The Morgan fingerprint density at radius 3 is 2.77 bits per heavy atom. The van der Waals surface area contributed by atoms with Gasteiger partial charge < -0.3 is 14.9 Å². The molecule has 0 aromatic carbocycles. The molecule has 11 heteroatoms. The Labute approximate surface area is 229 Å². The van der Waals surface area contributed by atoms with E-state index in [-0.39, 0.29) is 5.91 Å². The molecule has 0 bridgehead atoms. The number of H-pyrrole nitrogens is 2. The lowest BCUT2D eigenvalue weighted by Gasteiger charge is -2.20. The Morgan fingerprint density at radius 1 is 1.05 bits per heavy atom. The van der Waals surface area contributed by atoms with E-state index in [0.29, 0.717) is 40.8 Å². The highest BCUT2D eigenvalue weighted by Crippen LogP contribution is 2.31. The van der Waals surface area contributed by atoms with Gasteiger partial charge >= 0.3 is 0 Å². The number of pyridine rings is 3. The molecule has 6 aromatic heterocycles. The SMILES string of the molecule is Cc1cn(-c2ccnc3nc(-c4[nH]nc5ncc(-c6cncc(NC(=O)CC7CCCCC7)c6)cc45)[nH]c23)cn1. The summed E-state index contributed by atoms with van der Waals surface area (Å²) in [5.41, 5.74) is 6.87. The van der Waals surface area contributed by atoms with Crippen molar-refractivity contribution in [1.29, 1.82) is 0 Å². The number of aromatic nitrogens is 9. The third kappa shape index (κ3) is 4.59. The van der Waals surface area contributed by atoms with Crippen LogP contribution in [0.5, 0.6) is 0 Å². The van der Waals surface area contributed by atoms with Crippen LogP contribution in [0.4, 0.5) is 5.69 Å². The van der Waals surface area contributed by atoms with Gasteiger partial charge in [0.05, 0.1) is 35.0 Å². The molecule has 3 N–H and O–H groups in total. The van der Waals surface area contributed by atoms with Gasteiger partial charge in [0, 0.05) is 42.3 Å². The third-order valence-electron chi connectivity index (χ3n) is 7.56. The van der Waals surface area contributed by atoms with Gasteiger partial charge in [-0.3, -0.25) is 14.9 Å². The second kappa shape index (κ2) is 9.99. The van der Waals surface area contributed by atoms with Crippen LogP contribution in [0.1, 0.15) is 44.2 Å². The van der Waals surface area contributed by atoms with Crippen LogP contribution in [0.25, 0.3) is 50.5 Å². The van der Waals surface area contributed by atoms with Gasteiger partial charge in [-0.15, -0.1) is 0 Å². The molecule has 1 fully saturated rings. The van der Waals surface area contributed by atoms with Crippen molar-refractivity contribution in [3.63, 3.8) is 0 Å². The number of hydrogen-bond acceptors (Lipinski definition) is 7. The van der Waals surface area contributed by atoms with Gasteiger partial charge in [0.1, 0.15) is 11.2 Å². The minimum Gasteiger partial charge on any atom is -0.334 e. The van der Waals surface area contributed by atoms with Crippen LogP contribution in [0.15, 0.2) is 55.5 Å². The Morgan fingerprint density at radius 2 is 1.93 bits per heavy atom. The smallest absolute Gasteiger partial charge is 0.224 e. The summed E-state index contributed by atoms with van der Waals surface area (Å²) in [7, 11) is 0.